The quantitative estimate of drug-likeness (QED) is 0.145. The van der Waals surface area contributed by atoms with Crippen LogP contribution in [0.3, 0.4) is 0 Å². The van der Waals surface area contributed by atoms with Crippen molar-refractivity contribution in [3.63, 3.8) is 0 Å². The first-order chi connectivity index (χ1) is 17.5. The second-order valence-corrected chi connectivity index (χ2v) is 7.73. The molecule has 0 N–H and O–H groups in total. The summed E-state index contributed by atoms with van der Waals surface area (Å²) in [4.78, 5) is 16.9. The molecule has 188 valence electrons. The molecule has 0 fully saturated rings. The number of benzene rings is 3. The number of aliphatic imine (C=N–C) groups is 1. The zero-order chi connectivity index (χ0) is 25.9. The lowest BCUT2D eigenvalue weighted by Gasteiger charge is -2.16. The van der Waals surface area contributed by atoms with Gasteiger partial charge in [-0.15, -0.1) is 0 Å². The Morgan fingerprint density at radius 2 is 1.50 bits per heavy atom. The first kappa shape index (κ1) is 26.3. The second kappa shape index (κ2) is 13.0. The van der Waals surface area contributed by atoms with Crippen LogP contribution in [0.2, 0.25) is 0 Å². The van der Waals surface area contributed by atoms with Gasteiger partial charge in [0.15, 0.2) is 23.0 Å². The highest BCUT2D eigenvalue weighted by molar-refractivity contribution is 5.90. The summed E-state index contributed by atoms with van der Waals surface area (Å²) in [6.07, 6.45) is 3.95. The molecule has 0 aliphatic rings. The van der Waals surface area contributed by atoms with E-state index >= 15 is 0 Å². The minimum Gasteiger partial charge on any atom is -0.493 e. The number of ether oxygens (including phenoxy) is 5. The third-order valence-electron chi connectivity index (χ3n) is 5.50. The van der Waals surface area contributed by atoms with Crippen molar-refractivity contribution < 1.29 is 28.5 Å². The van der Waals surface area contributed by atoms with E-state index in [1.165, 1.54) is 20.3 Å². The molecule has 0 saturated carbocycles. The van der Waals surface area contributed by atoms with Gasteiger partial charge in [0, 0.05) is 11.8 Å². The number of nitrogens with zero attached hydrogens (tertiary/aromatic N) is 1. The third-order valence-corrected chi connectivity index (χ3v) is 5.50. The van der Waals surface area contributed by atoms with Gasteiger partial charge in [0.1, 0.15) is 5.76 Å². The van der Waals surface area contributed by atoms with E-state index in [-0.39, 0.29) is 11.8 Å². The lowest BCUT2D eigenvalue weighted by Crippen LogP contribution is -2.04. The van der Waals surface area contributed by atoms with Gasteiger partial charge in [-0.3, -0.25) is 4.99 Å². The van der Waals surface area contributed by atoms with E-state index in [0.717, 1.165) is 17.5 Å². The molecule has 0 aliphatic heterocycles. The van der Waals surface area contributed by atoms with Gasteiger partial charge in [-0.05, 0) is 53.9 Å². The topological polar surface area (TPSA) is 75.6 Å². The van der Waals surface area contributed by atoms with Gasteiger partial charge in [0.2, 0.25) is 0 Å². The Balaban J connectivity index is 1.97. The molecular weight excluding hydrogens is 458 g/mol. The van der Waals surface area contributed by atoms with Crippen molar-refractivity contribution in [1.29, 1.82) is 0 Å². The van der Waals surface area contributed by atoms with Crippen LogP contribution in [-0.4, -0.2) is 40.6 Å². The summed E-state index contributed by atoms with van der Waals surface area (Å²) >= 11 is 0. The first-order valence-corrected chi connectivity index (χ1v) is 11.5. The third kappa shape index (κ3) is 6.66. The van der Waals surface area contributed by atoms with Gasteiger partial charge in [0.25, 0.3) is 0 Å². The molecule has 0 saturated heterocycles. The number of hydrogen-bond acceptors (Lipinski definition) is 7. The minimum absolute atomic E-state index is 0.0409. The minimum atomic E-state index is -0.565. The molecule has 0 radical (unpaired) electrons. The molecule has 0 amide bonds. The predicted molar refractivity (Wildman–Crippen MR) is 140 cm³/mol. The van der Waals surface area contributed by atoms with E-state index < -0.39 is 5.97 Å². The Hall–Kier alpha value is -4.26. The lowest BCUT2D eigenvalue weighted by atomic mass is 10.1. The van der Waals surface area contributed by atoms with Gasteiger partial charge < -0.3 is 23.7 Å². The average Bonchev–Trinajstić information content (AvgIpc) is 2.93. The smallest absolute Gasteiger partial charge is 0.334 e. The van der Waals surface area contributed by atoms with E-state index in [1.807, 2.05) is 36.5 Å². The van der Waals surface area contributed by atoms with Crippen molar-refractivity contribution in [3.8, 4) is 23.0 Å². The number of rotatable bonds is 11. The monoisotopic (exact) mass is 489 g/mol. The SMILES string of the molecule is CC[C@@H](N=Cc1ccc(OC)c(O/C(=C/C(=O)OC)c2ccc(OC)c(OC)c2)c1)c1ccccc1. The van der Waals surface area contributed by atoms with E-state index in [4.69, 9.17) is 28.7 Å². The van der Waals surface area contributed by atoms with Crippen LogP contribution >= 0.6 is 0 Å². The van der Waals surface area contributed by atoms with Crippen LogP contribution in [-0.2, 0) is 9.53 Å². The van der Waals surface area contributed by atoms with Gasteiger partial charge >= 0.3 is 5.97 Å². The van der Waals surface area contributed by atoms with Crippen molar-refractivity contribution in [1.82, 2.24) is 0 Å². The van der Waals surface area contributed by atoms with E-state index in [2.05, 4.69) is 19.1 Å². The van der Waals surface area contributed by atoms with Crippen molar-refractivity contribution in [2.45, 2.75) is 19.4 Å². The Labute approximate surface area is 211 Å². The Bertz CT molecular complexity index is 1220. The standard InChI is InChI=1S/C29H31NO6/c1-6-23(21-10-8-7-9-11-21)30-19-20-12-14-25(33-3)28(16-20)36-26(18-29(31)35-5)22-13-15-24(32-2)27(17-22)34-4/h7-19,23H,6H2,1-5H3/b26-18+,30-19?/t23-/m1/s1. The van der Waals surface area contributed by atoms with Gasteiger partial charge in [-0.1, -0.05) is 37.3 Å². The molecule has 7 heteroatoms. The van der Waals surface area contributed by atoms with E-state index in [0.29, 0.717) is 28.6 Å². The summed E-state index contributed by atoms with van der Waals surface area (Å²) in [5.41, 5.74) is 2.57. The fourth-order valence-corrected chi connectivity index (χ4v) is 3.58. The highest BCUT2D eigenvalue weighted by atomic mass is 16.5. The molecule has 7 nitrogen and oxygen atoms in total. The van der Waals surface area contributed by atoms with E-state index in [9.17, 15) is 4.79 Å². The molecular formula is C29H31NO6. The molecule has 36 heavy (non-hydrogen) atoms. The fourth-order valence-electron chi connectivity index (χ4n) is 3.58. The first-order valence-electron chi connectivity index (χ1n) is 11.5. The average molecular weight is 490 g/mol. The fraction of sp³-hybridized carbons (Fsp3) is 0.241. The molecule has 3 aromatic carbocycles. The van der Waals surface area contributed by atoms with E-state index in [1.54, 1.807) is 38.5 Å². The highest BCUT2D eigenvalue weighted by Crippen LogP contribution is 2.35. The van der Waals surface area contributed by atoms with Crippen LogP contribution in [0, 0.1) is 0 Å². The molecule has 0 unspecified atom stereocenters. The van der Waals surface area contributed by atoms with Crippen LogP contribution in [0.4, 0.5) is 0 Å². The largest absolute Gasteiger partial charge is 0.493 e. The summed E-state index contributed by atoms with van der Waals surface area (Å²) in [6.45, 7) is 2.10. The van der Waals surface area contributed by atoms with Crippen LogP contribution in [0.15, 0.2) is 77.8 Å². The van der Waals surface area contributed by atoms with Crippen LogP contribution in [0.5, 0.6) is 23.0 Å². The van der Waals surface area contributed by atoms with Crippen molar-refractivity contribution in [2.75, 3.05) is 28.4 Å². The second-order valence-electron chi connectivity index (χ2n) is 7.73. The normalized spacial score (nSPS) is 12.2. The zero-order valence-corrected chi connectivity index (χ0v) is 21.2. The molecule has 3 rings (SSSR count). The summed E-state index contributed by atoms with van der Waals surface area (Å²) in [5.74, 6) is 1.65. The summed E-state index contributed by atoms with van der Waals surface area (Å²) in [7, 11) is 5.95. The Morgan fingerprint density at radius 1 is 0.833 bits per heavy atom. The molecule has 0 heterocycles. The zero-order valence-electron chi connectivity index (χ0n) is 21.2. The highest BCUT2D eigenvalue weighted by Gasteiger charge is 2.15. The number of hydrogen-bond donors (Lipinski definition) is 0. The maximum atomic E-state index is 12.1. The summed E-state index contributed by atoms with van der Waals surface area (Å²) in [6, 6.07) is 20.9. The Kier molecular flexibility index (Phi) is 9.51. The number of carbonyl (C=O) groups is 1. The number of methoxy groups -OCH3 is 4. The number of esters is 1. The molecule has 3 aromatic rings. The van der Waals surface area contributed by atoms with Crippen LogP contribution < -0.4 is 18.9 Å². The molecule has 0 aliphatic carbocycles. The predicted octanol–water partition coefficient (Wildman–Crippen LogP) is 5.88. The van der Waals surface area contributed by atoms with Crippen molar-refractivity contribution >= 4 is 17.9 Å². The molecule has 1 atom stereocenters. The number of carbonyl (C=O) groups excluding carboxylic acids is 1. The molecule has 0 spiro atoms. The van der Waals surface area contributed by atoms with Crippen LogP contribution in [0.1, 0.15) is 36.1 Å². The van der Waals surface area contributed by atoms with Crippen LogP contribution in [0.25, 0.3) is 5.76 Å². The van der Waals surface area contributed by atoms with Gasteiger partial charge in [-0.2, -0.15) is 0 Å². The van der Waals surface area contributed by atoms with Gasteiger partial charge in [0.05, 0.1) is 40.6 Å². The van der Waals surface area contributed by atoms with Gasteiger partial charge in [-0.25, -0.2) is 4.79 Å². The Morgan fingerprint density at radius 3 is 2.14 bits per heavy atom. The summed E-state index contributed by atoms with van der Waals surface area (Å²) in [5, 5.41) is 0. The summed E-state index contributed by atoms with van der Waals surface area (Å²) < 4.78 is 27.3. The van der Waals surface area contributed by atoms with Crippen molar-refractivity contribution in [2.24, 2.45) is 4.99 Å². The molecule has 0 bridgehead atoms. The molecule has 0 aromatic heterocycles. The maximum Gasteiger partial charge on any atom is 0.334 e. The van der Waals surface area contributed by atoms with Crippen molar-refractivity contribution in [3.05, 3.63) is 89.5 Å². The lowest BCUT2D eigenvalue weighted by molar-refractivity contribution is -0.134. The maximum absolute atomic E-state index is 12.1.